The number of hydrogen-bond donors (Lipinski definition) is 0. The van der Waals surface area contributed by atoms with E-state index in [0.29, 0.717) is 42.4 Å². The average molecular weight is 385 g/mol. The SMILES string of the molecule is CCN(CCCOc1ccc(F)cc1)C(=O)c1snnc1-c1ccccc1. The van der Waals surface area contributed by atoms with E-state index in [2.05, 4.69) is 9.59 Å². The van der Waals surface area contributed by atoms with Gasteiger partial charge in [-0.2, -0.15) is 0 Å². The highest BCUT2D eigenvalue weighted by Gasteiger charge is 2.22. The molecule has 0 aliphatic rings. The normalized spacial score (nSPS) is 10.6. The van der Waals surface area contributed by atoms with Gasteiger partial charge in [-0.3, -0.25) is 4.79 Å². The third-order valence-corrected chi connectivity index (χ3v) is 4.77. The summed E-state index contributed by atoms with van der Waals surface area (Å²) in [6.45, 7) is 3.53. The van der Waals surface area contributed by atoms with E-state index in [9.17, 15) is 9.18 Å². The molecular formula is C20H20FN3O2S. The van der Waals surface area contributed by atoms with Crippen molar-refractivity contribution in [2.24, 2.45) is 0 Å². The lowest BCUT2D eigenvalue weighted by Gasteiger charge is -2.20. The molecule has 0 spiro atoms. The van der Waals surface area contributed by atoms with Crippen LogP contribution in [0, 0.1) is 5.82 Å². The minimum absolute atomic E-state index is 0.0758. The summed E-state index contributed by atoms with van der Waals surface area (Å²) in [6, 6.07) is 15.5. The van der Waals surface area contributed by atoms with Crippen molar-refractivity contribution in [3.63, 3.8) is 0 Å². The lowest BCUT2D eigenvalue weighted by atomic mass is 10.1. The van der Waals surface area contributed by atoms with Gasteiger partial charge in [0.15, 0.2) is 0 Å². The van der Waals surface area contributed by atoms with E-state index in [4.69, 9.17) is 4.74 Å². The van der Waals surface area contributed by atoms with E-state index < -0.39 is 0 Å². The second-order valence-electron chi connectivity index (χ2n) is 5.86. The van der Waals surface area contributed by atoms with E-state index >= 15 is 0 Å². The van der Waals surface area contributed by atoms with Crippen molar-refractivity contribution in [1.29, 1.82) is 0 Å². The molecule has 27 heavy (non-hydrogen) atoms. The molecule has 3 aromatic rings. The van der Waals surface area contributed by atoms with Gasteiger partial charge in [0.2, 0.25) is 0 Å². The molecule has 2 aromatic carbocycles. The van der Waals surface area contributed by atoms with Crippen LogP contribution in [-0.4, -0.2) is 40.1 Å². The average Bonchev–Trinajstić information content (AvgIpc) is 3.19. The third kappa shape index (κ3) is 4.89. The molecule has 5 nitrogen and oxygen atoms in total. The molecule has 1 aromatic heterocycles. The van der Waals surface area contributed by atoms with Gasteiger partial charge in [0.1, 0.15) is 22.1 Å². The number of carbonyl (C=O) groups excluding carboxylic acids is 1. The number of halogens is 1. The monoisotopic (exact) mass is 385 g/mol. The van der Waals surface area contributed by atoms with E-state index in [0.717, 1.165) is 17.1 Å². The van der Waals surface area contributed by atoms with Crippen molar-refractivity contribution >= 4 is 17.4 Å². The minimum atomic E-state index is -0.294. The number of hydrogen-bond acceptors (Lipinski definition) is 5. The Morgan fingerprint density at radius 2 is 1.89 bits per heavy atom. The molecule has 0 bridgehead atoms. The van der Waals surface area contributed by atoms with E-state index in [-0.39, 0.29) is 11.7 Å². The van der Waals surface area contributed by atoms with Gasteiger partial charge in [-0.1, -0.05) is 34.8 Å². The number of nitrogens with zero attached hydrogens (tertiary/aromatic N) is 3. The first-order valence-corrected chi connectivity index (χ1v) is 9.51. The maximum absolute atomic E-state index is 12.9. The molecule has 0 N–H and O–H groups in total. The predicted molar refractivity (Wildman–Crippen MR) is 103 cm³/mol. The van der Waals surface area contributed by atoms with E-state index in [1.165, 1.54) is 12.1 Å². The standard InChI is InChI=1S/C20H20FN3O2S/c1-2-24(13-6-14-26-17-11-9-16(21)10-12-17)20(25)19-18(22-23-27-19)15-7-4-3-5-8-15/h3-5,7-12H,2,6,13-14H2,1H3. The molecule has 0 fully saturated rings. The summed E-state index contributed by atoms with van der Waals surface area (Å²) in [5.74, 6) is 0.245. The Morgan fingerprint density at radius 3 is 2.59 bits per heavy atom. The summed E-state index contributed by atoms with van der Waals surface area (Å²) in [5, 5.41) is 4.13. The van der Waals surface area contributed by atoms with Crippen LogP contribution in [0.2, 0.25) is 0 Å². The Bertz CT molecular complexity index is 868. The predicted octanol–water partition coefficient (Wildman–Crippen LogP) is 4.28. The van der Waals surface area contributed by atoms with Crippen LogP contribution in [0.25, 0.3) is 11.3 Å². The Kier molecular flexibility index (Phi) is 6.49. The number of carbonyl (C=O) groups is 1. The number of amides is 1. The zero-order valence-corrected chi connectivity index (χ0v) is 15.8. The van der Waals surface area contributed by atoms with Gasteiger partial charge in [-0.15, -0.1) is 5.10 Å². The second-order valence-corrected chi connectivity index (χ2v) is 6.61. The number of ether oxygens (including phenoxy) is 1. The smallest absolute Gasteiger partial charge is 0.267 e. The highest BCUT2D eigenvalue weighted by atomic mass is 32.1. The molecule has 7 heteroatoms. The van der Waals surface area contributed by atoms with Crippen molar-refractivity contribution in [2.75, 3.05) is 19.7 Å². The van der Waals surface area contributed by atoms with Crippen molar-refractivity contribution < 1.29 is 13.9 Å². The van der Waals surface area contributed by atoms with Crippen molar-refractivity contribution in [3.8, 4) is 17.0 Å². The summed E-state index contributed by atoms with van der Waals surface area (Å²) in [4.78, 5) is 15.2. The molecule has 0 radical (unpaired) electrons. The number of aromatic nitrogens is 2. The zero-order valence-electron chi connectivity index (χ0n) is 15.0. The molecule has 0 aliphatic heterocycles. The van der Waals surface area contributed by atoms with Gasteiger partial charge in [0.25, 0.3) is 5.91 Å². The van der Waals surface area contributed by atoms with E-state index in [1.54, 1.807) is 17.0 Å². The first-order valence-electron chi connectivity index (χ1n) is 8.74. The first-order chi connectivity index (χ1) is 13.2. The van der Waals surface area contributed by atoms with Crippen molar-refractivity contribution in [2.45, 2.75) is 13.3 Å². The highest BCUT2D eigenvalue weighted by Crippen LogP contribution is 2.25. The van der Waals surface area contributed by atoms with Crippen LogP contribution in [0.5, 0.6) is 5.75 Å². The third-order valence-electron chi connectivity index (χ3n) is 4.05. The summed E-state index contributed by atoms with van der Waals surface area (Å²) in [5.41, 5.74) is 1.50. The molecule has 1 amide bonds. The van der Waals surface area contributed by atoms with Gasteiger partial charge in [0.05, 0.1) is 6.61 Å². The highest BCUT2D eigenvalue weighted by molar-refractivity contribution is 7.08. The van der Waals surface area contributed by atoms with Gasteiger partial charge >= 0.3 is 0 Å². The fraction of sp³-hybridized carbons (Fsp3) is 0.250. The van der Waals surface area contributed by atoms with E-state index in [1.807, 2.05) is 37.3 Å². The molecule has 0 aliphatic carbocycles. The fourth-order valence-electron chi connectivity index (χ4n) is 2.64. The zero-order chi connectivity index (χ0) is 19.1. The second kappa shape index (κ2) is 9.23. The van der Waals surface area contributed by atoms with Crippen LogP contribution in [0.1, 0.15) is 23.0 Å². The summed E-state index contributed by atoms with van der Waals surface area (Å²) in [6.07, 6.45) is 0.670. The van der Waals surface area contributed by atoms with Crippen molar-refractivity contribution in [1.82, 2.24) is 14.5 Å². The maximum atomic E-state index is 12.9. The fourth-order valence-corrected chi connectivity index (χ4v) is 3.30. The van der Waals surface area contributed by atoms with Crippen LogP contribution in [0.4, 0.5) is 4.39 Å². The lowest BCUT2D eigenvalue weighted by Crippen LogP contribution is -2.32. The van der Waals surface area contributed by atoms with Gasteiger partial charge in [0, 0.05) is 18.7 Å². The first kappa shape index (κ1) is 19.0. The van der Waals surface area contributed by atoms with Crippen LogP contribution in [0.15, 0.2) is 54.6 Å². The molecule has 0 saturated carbocycles. The summed E-state index contributed by atoms with van der Waals surface area (Å²) in [7, 11) is 0. The Morgan fingerprint density at radius 1 is 1.15 bits per heavy atom. The molecular weight excluding hydrogens is 365 g/mol. The summed E-state index contributed by atoms with van der Waals surface area (Å²) < 4.78 is 22.5. The maximum Gasteiger partial charge on any atom is 0.267 e. The molecule has 0 atom stereocenters. The molecule has 0 unspecified atom stereocenters. The van der Waals surface area contributed by atoms with Crippen LogP contribution < -0.4 is 4.74 Å². The van der Waals surface area contributed by atoms with Crippen LogP contribution >= 0.6 is 11.5 Å². The Balaban J connectivity index is 1.58. The quantitative estimate of drug-likeness (QED) is 0.543. The van der Waals surface area contributed by atoms with Gasteiger partial charge in [-0.25, -0.2) is 4.39 Å². The van der Waals surface area contributed by atoms with Crippen LogP contribution in [0.3, 0.4) is 0 Å². The van der Waals surface area contributed by atoms with Gasteiger partial charge < -0.3 is 9.64 Å². The molecule has 3 rings (SSSR count). The number of rotatable bonds is 8. The molecule has 140 valence electrons. The largest absolute Gasteiger partial charge is 0.494 e. The topological polar surface area (TPSA) is 55.3 Å². The molecule has 0 saturated heterocycles. The Labute approximate surface area is 161 Å². The Hall–Kier alpha value is -2.80. The molecule has 1 heterocycles. The van der Waals surface area contributed by atoms with Crippen LogP contribution in [-0.2, 0) is 0 Å². The van der Waals surface area contributed by atoms with Gasteiger partial charge in [-0.05, 0) is 49.1 Å². The minimum Gasteiger partial charge on any atom is -0.494 e. The summed E-state index contributed by atoms with van der Waals surface area (Å²) >= 11 is 1.11. The van der Waals surface area contributed by atoms with Crippen molar-refractivity contribution in [3.05, 3.63) is 65.3 Å². The lowest BCUT2D eigenvalue weighted by molar-refractivity contribution is 0.0761. The number of benzene rings is 2.